The SMILES string of the molecule is Cn1ncc2ccc(-c3cc(Nc4ccccc4)nc(N4CCOCC4)n3)cc21. The normalized spacial score (nSPS) is 14.3. The molecule has 0 unspecified atom stereocenters. The number of anilines is 3. The Hall–Kier alpha value is -3.45. The molecule has 7 heteroatoms. The molecule has 0 bridgehead atoms. The van der Waals surface area contributed by atoms with Gasteiger partial charge in [-0.05, 0) is 18.2 Å². The van der Waals surface area contributed by atoms with E-state index in [1.54, 1.807) is 0 Å². The van der Waals surface area contributed by atoms with Crippen LogP contribution in [0.25, 0.3) is 22.2 Å². The fraction of sp³-hybridized carbons (Fsp3) is 0.227. The van der Waals surface area contributed by atoms with Crippen molar-refractivity contribution >= 4 is 28.4 Å². The lowest BCUT2D eigenvalue weighted by Gasteiger charge is -2.27. The molecule has 1 saturated heterocycles. The average Bonchev–Trinajstić information content (AvgIpc) is 3.15. The Morgan fingerprint density at radius 2 is 1.79 bits per heavy atom. The number of benzene rings is 2. The van der Waals surface area contributed by atoms with E-state index in [0.717, 1.165) is 46.8 Å². The number of rotatable bonds is 4. The fourth-order valence-electron chi connectivity index (χ4n) is 3.52. The van der Waals surface area contributed by atoms with Gasteiger partial charge in [-0.2, -0.15) is 10.1 Å². The highest BCUT2D eigenvalue weighted by molar-refractivity contribution is 5.84. The summed E-state index contributed by atoms with van der Waals surface area (Å²) in [6.45, 7) is 2.95. The third kappa shape index (κ3) is 3.64. The lowest BCUT2D eigenvalue weighted by atomic mass is 10.1. The second kappa shape index (κ2) is 7.52. The van der Waals surface area contributed by atoms with Gasteiger partial charge in [-0.3, -0.25) is 4.68 Å². The number of aromatic nitrogens is 4. The first-order valence-corrected chi connectivity index (χ1v) is 9.72. The Morgan fingerprint density at radius 3 is 2.62 bits per heavy atom. The first-order valence-electron chi connectivity index (χ1n) is 9.72. The highest BCUT2D eigenvalue weighted by Crippen LogP contribution is 2.27. The molecule has 0 aliphatic carbocycles. The second-order valence-electron chi connectivity index (χ2n) is 7.07. The Labute approximate surface area is 169 Å². The van der Waals surface area contributed by atoms with Crippen LogP contribution in [0.15, 0.2) is 60.8 Å². The summed E-state index contributed by atoms with van der Waals surface area (Å²) in [5.74, 6) is 1.49. The third-order valence-electron chi connectivity index (χ3n) is 5.10. The average molecular weight is 386 g/mol. The predicted octanol–water partition coefficient (Wildman–Crippen LogP) is 3.61. The van der Waals surface area contributed by atoms with Crippen LogP contribution in [-0.2, 0) is 11.8 Å². The van der Waals surface area contributed by atoms with E-state index >= 15 is 0 Å². The van der Waals surface area contributed by atoms with Gasteiger partial charge in [0.2, 0.25) is 5.95 Å². The maximum atomic E-state index is 5.49. The van der Waals surface area contributed by atoms with Gasteiger partial charge in [0.1, 0.15) is 5.82 Å². The molecular weight excluding hydrogens is 364 g/mol. The van der Waals surface area contributed by atoms with Gasteiger partial charge in [-0.25, -0.2) is 4.98 Å². The van der Waals surface area contributed by atoms with Gasteiger partial charge >= 0.3 is 0 Å². The summed E-state index contributed by atoms with van der Waals surface area (Å²) in [5.41, 5.74) is 3.98. The minimum atomic E-state index is 0.690. The molecule has 1 fully saturated rings. The maximum absolute atomic E-state index is 5.49. The lowest BCUT2D eigenvalue weighted by molar-refractivity contribution is 0.122. The van der Waals surface area contributed by atoms with Crippen molar-refractivity contribution in [3.05, 3.63) is 60.8 Å². The molecule has 4 aromatic rings. The van der Waals surface area contributed by atoms with Crippen molar-refractivity contribution in [1.82, 2.24) is 19.7 Å². The number of hydrogen-bond donors (Lipinski definition) is 1. The van der Waals surface area contributed by atoms with Crippen LogP contribution in [0, 0.1) is 0 Å². The van der Waals surface area contributed by atoms with Crippen LogP contribution < -0.4 is 10.2 Å². The third-order valence-corrected chi connectivity index (χ3v) is 5.10. The summed E-state index contributed by atoms with van der Waals surface area (Å²) in [5, 5.41) is 8.87. The van der Waals surface area contributed by atoms with E-state index in [9.17, 15) is 0 Å². The smallest absolute Gasteiger partial charge is 0.228 e. The van der Waals surface area contributed by atoms with Gasteiger partial charge in [0, 0.05) is 42.8 Å². The Kier molecular flexibility index (Phi) is 4.57. The highest BCUT2D eigenvalue weighted by atomic mass is 16.5. The molecule has 2 aromatic heterocycles. The minimum absolute atomic E-state index is 0.690. The van der Waals surface area contributed by atoms with E-state index < -0.39 is 0 Å². The molecule has 7 nitrogen and oxygen atoms in total. The van der Waals surface area contributed by atoms with Crippen molar-refractivity contribution in [3.63, 3.8) is 0 Å². The number of aryl methyl sites for hydroxylation is 1. The number of hydrogen-bond acceptors (Lipinski definition) is 6. The molecule has 5 rings (SSSR count). The number of fused-ring (bicyclic) bond motifs is 1. The summed E-state index contributed by atoms with van der Waals surface area (Å²) in [4.78, 5) is 11.8. The quantitative estimate of drug-likeness (QED) is 0.578. The number of morpholine rings is 1. The monoisotopic (exact) mass is 386 g/mol. The number of para-hydroxylation sites is 1. The number of nitrogens with one attached hydrogen (secondary N) is 1. The molecule has 1 N–H and O–H groups in total. The molecule has 146 valence electrons. The van der Waals surface area contributed by atoms with E-state index in [1.807, 2.05) is 54.3 Å². The van der Waals surface area contributed by atoms with Crippen LogP contribution in [-0.4, -0.2) is 46.1 Å². The van der Waals surface area contributed by atoms with Crippen LogP contribution in [0.1, 0.15) is 0 Å². The van der Waals surface area contributed by atoms with Crippen LogP contribution in [0.3, 0.4) is 0 Å². The van der Waals surface area contributed by atoms with Crippen molar-refractivity contribution in [3.8, 4) is 11.3 Å². The standard InChI is InChI=1S/C22H22N6O/c1-27-20-13-16(7-8-17(20)15-23-27)19-14-21(24-18-5-3-2-4-6-18)26-22(25-19)28-9-11-29-12-10-28/h2-8,13-15H,9-12H2,1H3,(H,24,25,26). The fourth-order valence-corrected chi connectivity index (χ4v) is 3.52. The van der Waals surface area contributed by atoms with E-state index in [1.165, 1.54) is 0 Å². The van der Waals surface area contributed by atoms with E-state index in [2.05, 4.69) is 33.5 Å². The summed E-state index contributed by atoms with van der Waals surface area (Å²) < 4.78 is 7.37. The summed E-state index contributed by atoms with van der Waals surface area (Å²) in [6, 6.07) is 18.3. The van der Waals surface area contributed by atoms with Gasteiger partial charge < -0.3 is 15.0 Å². The lowest BCUT2D eigenvalue weighted by Crippen LogP contribution is -2.37. The molecule has 0 atom stereocenters. The molecule has 3 heterocycles. The van der Waals surface area contributed by atoms with E-state index in [4.69, 9.17) is 14.7 Å². The van der Waals surface area contributed by atoms with Gasteiger partial charge in [-0.15, -0.1) is 0 Å². The molecule has 0 spiro atoms. The Morgan fingerprint density at radius 1 is 0.966 bits per heavy atom. The molecule has 0 radical (unpaired) electrons. The van der Waals surface area contributed by atoms with Crippen molar-refractivity contribution in [2.75, 3.05) is 36.5 Å². The summed E-state index contributed by atoms with van der Waals surface area (Å²) >= 11 is 0. The second-order valence-corrected chi connectivity index (χ2v) is 7.07. The molecule has 29 heavy (non-hydrogen) atoms. The zero-order valence-electron chi connectivity index (χ0n) is 16.2. The maximum Gasteiger partial charge on any atom is 0.228 e. The predicted molar refractivity (Wildman–Crippen MR) is 114 cm³/mol. The van der Waals surface area contributed by atoms with Crippen LogP contribution in [0.4, 0.5) is 17.5 Å². The van der Waals surface area contributed by atoms with Crippen molar-refractivity contribution < 1.29 is 4.74 Å². The van der Waals surface area contributed by atoms with Crippen molar-refractivity contribution in [2.24, 2.45) is 7.05 Å². The molecular formula is C22H22N6O. The zero-order valence-corrected chi connectivity index (χ0v) is 16.2. The van der Waals surface area contributed by atoms with E-state index in [0.29, 0.717) is 19.2 Å². The Balaban J connectivity index is 1.58. The topological polar surface area (TPSA) is 68.1 Å². The largest absolute Gasteiger partial charge is 0.378 e. The van der Waals surface area contributed by atoms with Gasteiger partial charge in [-0.1, -0.05) is 30.3 Å². The zero-order chi connectivity index (χ0) is 19.6. The van der Waals surface area contributed by atoms with Crippen LogP contribution in [0.2, 0.25) is 0 Å². The summed E-state index contributed by atoms with van der Waals surface area (Å²) in [6.07, 6.45) is 1.88. The van der Waals surface area contributed by atoms with Crippen LogP contribution >= 0.6 is 0 Å². The molecule has 2 aromatic carbocycles. The van der Waals surface area contributed by atoms with Crippen molar-refractivity contribution in [1.29, 1.82) is 0 Å². The number of nitrogens with zero attached hydrogens (tertiary/aromatic N) is 5. The molecule has 0 saturated carbocycles. The highest BCUT2D eigenvalue weighted by Gasteiger charge is 2.17. The Bertz CT molecular complexity index is 1130. The van der Waals surface area contributed by atoms with Gasteiger partial charge in [0.25, 0.3) is 0 Å². The first-order chi connectivity index (χ1) is 14.3. The van der Waals surface area contributed by atoms with Gasteiger partial charge in [0.15, 0.2) is 0 Å². The van der Waals surface area contributed by atoms with E-state index in [-0.39, 0.29) is 0 Å². The van der Waals surface area contributed by atoms with Crippen molar-refractivity contribution in [2.45, 2.75) is 0 Å². The molecule has 0 amide bonds. The van der Waals surface area contributed by atoms with Crippen LogP contribution in [0.5, 0.6) is 0 Å². The first kappa shape index (κ1) is 17.6. The minimum Gasteiger partial charge on any atom is -0.378 e. The number of ether oxygens (including phenoxy) is 1. The molecule has 1 aliphatic rings. The summed E-state index contributed by atoms with van der Waals surface area (Å²) in [7, 11) is 1.95. The van der Waals surface area contributed by atoms with Gasteiger partial charge in [0.05, 0.1) is 30.6 Å². The molecule has 1 aliphatic heterocycles.